The molecule has 1 aromatic carbocycles. The van der Waals surface area contributed by atoms with Crippen molar-refractivity contribution in [2.75, 3.05) is 13.6 Å². The van der Waals surface area contributed by atoms with Gasteiger partial charge >= 0.3 is 0 Å². The standard InChI is InChI=1S/C11H12Cl2FNO3S/c1-3-4-15(2)11(16)7-5-10(19(13,17)18)8(12)6-9(7)14/h5-6H,3-4H2,1-2H3. The Labute approximate surface area is 120 Å². The summed E-state index contributed by atoms with van der Waals surface area (Å²) in [5, 5.41) is -0.359. The van der Waals surface area contributed by atoms with Gasteiger partial charge in [0.25, 0.3) is 15.0 Å². The van der Waals surface area contributed by atoms with E-state index in [0.29, 0.717) is 13.0 Å². The Morgan fingerprint density at radius 1 is 1.42 bits per heavy atom. The van der Waals surface area contributed by atoms with E-state index in [2.05, 4.69) is 0 Å². The fourth-order valence-electron chi connectivity index (χ4n) is 1.52. The first-order chi connectivity index (χ1) is 8.68. The van der Waals surface area contributed by atoms with Crippen molar-refractivity contribution in [1.82, 2.24) is 4.90 Å². The highest BCUT2D eigenvalue weighted by atomic mass is 35.7. The van der Waals surface area contributed by atoms with Gasteiger partial charge in [-0.05, 0) is 18.6 Å². The smallest absolute Gasteiger partial charge is 0.262 e. The minimum atomic E-state index is -4.14. The molecule has 0 spiro atoms. The van der Waals surface area contributed by atoms with Crippen LogP contribution in [0, 0.1) is 5.82 Å². The summed E-state index contributed by atoms with van der Waals surface area (Å²) in [6.45, 7) is 2.28. The third-order valence-electron chi connectivity index (χ3n) is 2.42. The van der Waals surface area contributed by atoms with E-state index in [4.69, 9.17) is 22.3 Å². The number of halogens is 3. The largest absolute Gasteiger partial charge is 0.342 e. The average molecular weight is 328 g/mol. The van der Waals surface area contributed by atoms with Gasteiger partial charge in [-0.2, -0.15) is 0 Å². The van der Waals surface area contributed by atoms with Crippen LogP contribution in [-0.2, 0) is 9.05 Å². The van der Waals surface area contributed by atoms with Gasteiger partial charge in [0.2, 0.25) is 0 Å². The maximum absolute atomic E-state index is 13.7. The number of carbonyl (C=O) groups is 1. The van der Waals surface area contributed by atoms with Crippen LogP contribution in [0.4, 0.5) is 4.39 Å². The van der Waals surface area contributed by atoms with Gasteiger partial charge in [-0.25, -0.2) is 12.8 Å². The third kappa shape index (κ3) is 3.81. The molecule has 1 rings (SSSR count). The molecule has 106 valence electrons. The minimum Gasteiger partial charge on any atom is -0.342 e. The zero-order valence-corrected chi connectivity index (χ0v) is 12.6. The SMILES string of the molecule is CCCN(C)C(=O)c1cc(S(=O)(=O)Cl)c(Cl)cc1F. The van der Waals surface area contributed by atoms with Crippen molar-refractivity contribution in [2.24, 2.45) is 0 Å². The Morgan fingerprint density at radius 3 is 2.47 bits per heavy atom. The fraction of sp³-hybridized carbons (Fsp3) is 0.364. The van der Waals surface area contributed by atoms with Crippen LogP contribution in [0.3, 0.4) is 0 Å². The second kappa shape index (κ2) is 6.07. The van der Waals surface area contributed by atoms with Gasteiger partial charge in [0.05, 0.1) is 10.6 Å². The monoisotopic (exact) mass is 327 g/mol. The predicted octanol–water partition coefficient (Wildman–Crippen LogP) is 2.89. The molecule has 0 heterocycles. The lowest BCUT2D eigenvalue weighted by Crippen LogP contribution is -2.28. The van der Waals surface area contributed by atoms with Gasteiger partial charge in [0.1, 0.15) is 10.7 Å². The molecule has 0 aromatic heterocycles. The highest BCUT2D eigenvalue weighted by molar-refractivity contribution is 8.13. The molecule has 19 heavy (non-hydrogen) atoms. The van der Waals surface area contributed by atoms with E-state index in [1.807, 2.05) is 6.92 Å². The van der Waals surface area contributed by atoms with Crippen LogP contribution < -0.4 is 0 Å². The summed E-state index contributed by atoms with van der Waals surface area (Å²) in [5.74, 6) is -1.51. The third-order valence-corrected chi connectivity index (χ3v) is 4.21. The molecule has 0 aliphatic rings. The van der Waals surface area contributed by atoms with Crippen molar-refractivity contribution in [2.45, 2.75) is 18.2 Å². The lowest BCUT2D eigenvalue weighted by molar-refractivity contribution is 0.0790. The lowest BCUT2D eigenvalue weighted by atomic mass is 10.2. The molecule has 0 saturated heterocycles. The highest BCUT2D eigenvalue weighted by Crippen LogP contribution is 2.28. The maximum Gasteiger partial charge on any atom is 0.262 e. The summed E-state index contributed by atoms with van der Waals surface area (Å²) < 4.78 is 36.2. The number of carbonyl (C=O) groups excluding carboxylic acids is 1. The predicted molar refractivity (Wildman–Crippen MR) is 71.7 cm³/mol. The van der Waals surface area contributed by atoms with Crippen LogP contribution in [0.2, 0.25) is 5.02 Å². The zero-order chi connectivity index (χ0) is 14.8. The normalized spacial score (nSPS) is 11.4. The Hall–Kier alpha value is -0.850. The van der Waals surface area contributed by atoms with Gasteiger partial charge in [-0.15, -0.1) is 0 Å². The highest BCUT2D eigenvalue weighted by Gasteiger charge is 2.23. The van der Waals surface area contributed by atoms with Crippen LogP contribution in [0.5, 0.6) is 0 Å². The van der Waals surface area contributed by atoms with Crippen LogP contribution in [0.15, 0.2) is 17.0 Å². The van der Waals surface area contributed by atoms with Gasteiger partial charge in [0, 0.05) is 24.3 Å². The van der Waals surface area contributed by atoms with E-state index < -0.39 is 25.7 Å². The number of benzene rings is 1. The number of hydrogen-bond acceptors (Lipinski definition) is 3. The first-order valence-electron chi connectivity index (χ1n) is 5.37. The lowest BCUT2D eigenvalue weighted by Gasteiger charge is -2.17. The molecule has 1 amide bonds. The molecule has 0 aliphatic heterocycles. The molecule has 0 radical (unpaired) electrons. The first-order valence-corrected chi connectivity index (χ1v) is 8.06. The molecule has 0 atom stereocenters. The van der Waals surface area contributed by atoms with E-state index >= 15 is 0 Å². The molecule has 0 fully saturated rings. The van der Waals surface area contributed by atoms with Crippen molar-refractivity contribution < 1.29 is 17.6 Å². The van der Waals surface area contributed by atoms with Crippen LogP contribution in [0.1, 0.15) is 23.7 Å². The second-order valence-corrected chi connectivity index (χ2v) is 6.87. The molecule has 0 bridgehead atoms. The van der Waals surface area contributed by atoms with Crippen molar-refractivity contribution in [3.63, 3.8) is 0 Å². The fourth-order valence-corrected chi connectivity index (χ4v) is 3.03. The van der Waals surface area contributed by atoms with E-state index in [1.165, 1.54) is 11.9 Å². The molecular weight excluding hydrogens is 316 g/mol. The maximum atomic E-state index is 13.7. The number of hydrogen-bond donors (Lipinski definition) is 0. The summed E-state index contributed by atoms with van der Waals surface area (Å²) in [7, 11) is 2.53. The molecule has 8 heteroatoms. The molecule has 0 unspecified atom stereocenters. The molecule has 0 aliphatic carbocycles. The molecule has 4 nitrogen and oxygen atoms in total. The Bertz CT molecular complexity index is 604. The van der Waals surface area contributed by atoms with E-state index in [1.54, 1.807) is 0 Å². The van der Waals surface area contributed by atoms with Crippen LogP contribution in [0.25, 0.3) is 0 Å². The summed E-state index contributed by atoms with van der Waals surface area (Å²) in [4.78, 5) is 12.8. The molecule has 0 saturated carbocycles. The van der Waals surface area contributed by atoms with Crippen molar-refractivity contribution >= 4 is 37.2 Å². The minimum absolute atomic E-state index is 0.359. The van der Waals surface area contributed by atoms with Crippen LogP contribution in [-0.4, -0.2) is 32.8 Å². The van der Waals surface area contributed by atoms with E-state index in [0.717, 1.165) is 12.1 Å². The summed E-state index contributed by atoms with van der Waals surface area (Å²) in [6.07, 6.45) is 0.693. The summed E-state index contributed by atoms with van der Waals surface area (Å²) >= 11 is 5.60. The van der Waals surface area contributed by atoms with Gasteiger partial charge in [0.15, 0.2) is 0 Å². The second-order valence-electron chi connectivity index (χ2n) is 3.93. The van der Waals surface area contributed by atoms with Crippen molar-refractivity contribution in [1.29, 1.82) is 0 Å². The van der Waals surface area contributed by atoms with Gasteiger partial charge in [-0.3, -0.25) is 4.79 Å². The first kappa shape index (κ1) is 16.2. The van der Waals surface area contributed by atoms with E-state index in [-0.39, 0.29) is 10.6 Å². The number of amides is 1. The van der Waals surface area contributed by atoms with E-state index in [9.17, 15) is 17.6 Å². The van der Waals surface area contributed by atoms with Crippen molar-refractivity contribution in [3.05, 3.63) is 28.5 Å². The summed E-state index contributed by atoms with van der Waals surface area (Å²) in [5.41, 5.74) is -0.375. The van der Waals surface area contributed by atoms with Crippen molar-refractivity contribution in [3.8, 4) is 0 Å². The van der Waals surface area contributed by atoms with Gasteiger partial charge in [-0.1, -0.05) is 18.5 Å². The van der Waals surface area contributed by atoms with Gasteiger partial charge < -0.3 is 4.90 Å². The Morgan fingerprint density at radius 2 is 2.00 bits per heavy atom. The topological polar surface area (TPSA) is 54.5 Å². The summed E-state index contributed by atoms with van der Waals surface area (Å²) in [6, 6.07) is 1.62. The molecular formula is C11H12Cl2FNO3S. The number of rotatable bonds is 4. The molecule has 1 aromatic rings. The molecule has 0 N–H and O–H groups in total. The number of nitrogens with zero attached hydrogens (tertiary/aromatic N) is 1. The average Bonchev–Trinajstić information content (AvgIpc) is 2.26. The Balaban J connectivity index is 3.34. The Kier molecular flexibility index (Phi) is 5.18. The van der Waals surface area contributed by atoms with Crippen LogP contribution >= 0.6 is 22.3 Å². The quantitative estimate of drug-likeness (QED) is 0.799. The zero-order valence-electron chi connectivity index (χ0n) is 10.3.